The highest BCUT2D eigenvalue weighted by molar-refractivity contribution is 6.21. The lowest BCUT2D eigenvalue weighted by molar-refractivity contribution is -0.0656. The first-order valence-electron chi connectivity index (χ1n) is 7.91. The minimum absolute atomic E-state index is 0.254. The van der Waals surface area contributed by atoms with Crippen LogP contribution in [0, 0.1) is 26.2 Å². The van der Waals surface area contributed by atoms with E-state index in [4.69, 9.17) is 16.3 Å². The van der Waals surface area contributed by atoms with Crippen molar-refractivity contribution in [3.63, 3.8) is 0 Å². The number of hydrogen-bond acceptors (Lipinski definition) is 1. The van der Waals surface area contributed by atoms with Crippen LogP contribution in [0.4, 0.5) is 0 Å². The molecule has 1 nitrogen and oxygen atoms in total. The van der Waals surface area contributed by atoms with E-state index in [0.29, 0.717) is 11.5 Å². The molecule has 2 fully saturated rings. The first-order chi connectivity index (χ1) is 9.53. The molecule has 0 amide bonds. The summed E-state index contributed by atoms with van der Waals surface area (Å²) in [6.07, 6.45) is 7.81. The third-order valence-electron chi connectivity index (χ3n) is 5.34. The average molecular weight is 293 g/mol. The van der Waals surface area contributed by atoms with Crippen LogP contribution in [-0.2, 0) is 0 Å². The highest BCUT2D eigenvalue weighted by Gasteiger charge is 2.56. The van der Waals surface area contributed by atoms with Crippen LogP contribution in [0.25, 0.3) is 0 Å². The monoisotopic (exact) mass is 292 g/mol. The highest BCUT2D eigenvalue weighted by Crippen LogP contribution is 2.56. The fourth-order valence-corrected chi connectivity index (χ4v) is 4.72. The molecule has 0 saturated heterocycles. The second-order valence-corrected chi connectivity index (χ2v) is 7.36. The molecule has 3 rings (SSSR count). The Morgan fingerprint density at radius 2 is 1.65 bits per heavy atom. The van der Waals surface area contributed by atoms with E-state index in [0.717, 1.165) is 12.2 Å². The number of aryl methyl sites for hydroxylation is 3. The highest BCUT2D eigenvalue weighted by atomic mass is 35.5. The lowest BCUT2D eigenvalue weighted by Gasteiger charge is -2.55. The van der Waals surface area contributed by atoms with E-state index in [2.05, 4.69) is 32.9 Å². The maximum absolute atomic E-state index is 6.57. The lowest BCUT2D eigenvalue weighted by Crippen LogP contribution is -2.58. The number of ether oxygens (including phenoxy) is 1. The predicted octanol–water partition coefficient (Wildman–Crippen LogP) is 5.32. The molecule has 110 valence electrons. The number of benzene rings is 1. The van der Waals surface area contributed by atoms with Gasteiger partial charge in [-0.2, -0.15) is 0 Å². The van der Waals surface area contributed by atoms with Gasteiger partial charge in [-0.15, -0.1) is 11.6 Å². The Balaban J connectivity index is 1.82. The van der Waals surface area contributed by atoms with Gasteiger partial charge in [-0.1, -0.05) is 37.0 Å². The first-order valence-corrected chi connectivity index (χ1v) is 8.35. The van der Waals surface area contributed by atoms with Gasteiger partial charge < -0.3 is 4.74 Å². The third kappa shape index (κ3) is 2.24. The Morgan fingerprint density at radius 3 is 2.20 bits per heavy atom. The Labute approximate surface area is 127 Å². The smallest absolute Gasteiger partial charge is 0.125 e. The van der Waals surface area contributed by atoms with Crippen LogP contribution in [0.15, 0.2) is 12.1 Å². The quantitative estimate of drug-likeness (QED) is 0.670. The molecule has 2 saturated carbocycles. The second-order valence-electron chi connectivity index (χ2n) is 6.83. The largest absolute Gasteiger partial charge is 0.489 e. The van der Waals surface area contributed by atoms with Crippen molar-refractivity contribution in [1.29, 1.82) is 0 Å². The van der Waals surface area contributed by atoms with Crippen molar-refractivity contribution < 1.29 is 4.74 Å². The van der Waals surface area contributed by atoms with Gasteiger partial charge in [0.05, 0.1) is 0 Å². The molecule has 2 atom stereocenters. The summed E-state index contributed by atoms with van der Waals surface area (Å²) in [6.45, 7) is 6.45. The van der Waals surface area contributed by atoms with Crippen LogP contribution < -0.4 is 4.74 Å². The van der Waals surface area contributed by atoms with Gasteiger partial charge in [-0.25, -0.2) is 0 Å². The standard InChI is InChI=1S/C18H25ClO/c1-12-9-13(2)17(14(3)10-12)20-16-11-15(19)18(16)7-5-4-6-8-18/h9-10,15-16H,4-8,11H2,1-3H3. The van der Waals surface area contributed by atoms with Crippen molar-refractivity contribution in [2.24, 2.45) is 5.41 Å². The molecular weight excluding hydrogens is 268 g/mol. The molecule has 1 spiro atoms. The topological polar surface area (TPSA) is 9.23 Å². The van der Waals surface area contributed by atoms with Crippen molar-refractivity contribution in [2.75, 3.05) is 0 Å². The van der Waals surface area contributed by atoms with Crippen LogP contribution in [-0.4, -0.2) is 11.5 Å². The van der Waals surface area contributed by atoms with Gasteiger partial charge in [0.2, 0.25) is 0 Å². The number of hydrogen-bond donors (Lipinski definition) is 0. The molecule has 1 aromatic carbocycles. The SMILES string of the molecule is Cc1cc(C)c(OC2CC(Cl)C23CCCCC3)c(C)c1. The van der Waals surface area contributed by atoms with E-state index in [1.807, 2.05) is 0 Å². The molecule has 0 radical (unpaired) electrons. The zero-order chi connectivity index (χ0) is 14.3. The van der Waals surface area contributed by atoms with Crippen molar-refractivity contribution in [3.8, 4) is 5.75 Å². The normalized spacial score (nSPS) is 28.2. The average Bonchev–Trinajstić information content (AvgIpc) is 2.42. The third-order valence-corrected chi connectivity index (χ3v) is 5.95. The van der Waals surface area contributed by atoms with Crippen molar-refractivity contribution in [3.05, 3.63) is 28.8 Å². The first kappa shape index (κ1) is 14.3. The van der Waals surface area contributed by atoms with Gasteiger partial charge in [0.1, 0.15) is 11.9 Å². The van der Waals surface area contributed by atoms with Crippen molar-refractivity contribution in [2.45, 2.75) is 70.8 Å². The molecule has 2 unspecified atom stereocenters. The lowest BCUT2D eigenvalue weighted by atomic mass is 9.58. The minimum atomic E-state index is 0.254. The summed E-state index contributed by atoms with van der Waals surface area (Å²) in [5.74, 6) is 1.09. The summed E-state index contributed by atoms with van der Waals surface area (Å²) in [5, 5.41) is 0.318. The molecule has 0 heterocycles. The Hall–Kier alpha value is -0.690. The van der Waals surface area contributed by atoms with Gasteiger partial charge in [-0.05, 0) is 44.7 Å². The summed E-state index contributed by atoms with van der Waals surface area (Å²) in [4.78, 5) is 0. The molecule has 0 aromatic heterocycles. The molecule has 20 heavy (non-hydrogen) atoms. The molecular formula is C18H25ClO. The Bertz CT molecular complexity index is 479. The summed E-state index contributed by atoms with van der Waals surface area (Å²) in [7, 11) is 0. The summed E-state index contributed by atoms with van der Waals surface area (Å²) < 4.78 is 6.45. The van der Waals surface area contributed by atoms with Crippen molar-refractivity contribution >= 4 is 11.6 Å². The van der Waals surface area contributed by atoms with Crippen LogP contribution in [0.1, 0.15) is 55.2 Å². The maximum Gasteiger partial charge on any atom is 0.125 e. The zero-order valence-corrected chi connectivity index (χ0v) is 13.6. The number of rotatable bonds is 2. The van der Waals surface area contributed by atoms with Gasteiger partial charge in [0.25, 0.3) is 0 Å². The van der Waals surface area contributed by atoms with Crippen LogP contribution in [0.2, 0.25) is 0 Å². The summed E-state index contributed by atoms with van der Waals surface area (Å²) in [6, 6.07) is 4.43. The summed E-state index contributed by atoms with van der Waals surface area (Å²) >= 11 is 6.57. The van der Waals surface area contributed by atoms with E-state index < -0.39 is 0 Å². The van der Waals surface area contributed by atoms with E-state index in [1.54, 1.807) is 0 Å². The van der Waals surface area contributed by atoms with E-state index in [9.17, 15) is 0 Å². The molecule has 2 aliphatic rings. The second kappa shape index (κ2) is 5.26. The van der Waals surface area contributed by atoms with Gasteiger partial charge >= 0.3 is 0 Å². The van der Waals surface area contributed by atoms with Crippen LogP contribution in [0.3, 0.4) is 0 Å². The Kier molecular flexibility index (Phi) is 3.75. The number of halogens is 1. The fourth-order valence-electron chi connectivity index (χ4n) is 4.20. The number of alkyl halides is 1. The van der Waals surface area contributed by atoms with Gasteiger partial charge in [0, 0.05) is 17.2 Å². The molecule has 0 bridgehead atoms. The predicted molar refractivity (Wildman–Crippen MR) is 84.8 cm³/mol. The van der Waals surface area contributed by atoms with Gasteiger partial charge in [-0.3, -0.25) is 0 Å². The van der Waals surface area contributed by atoms with Crippen LogP contribution >= 0.6 is 11.6 Å². The van der Waals surface area contributed by atoms with Crippen LogP contribution in [0.5, 0.6) is 5.75 Å². The molecule has 2 aliphatic carbocycles. The summed E-state index contributed by atoms with van der Waals surface area (Å²) in [5.41, 5.74) is 4.07. The molecule has 0 N–H and O–H groups in total. The zero-order valence-electron chi connectivity index (χ0n) is 12.8. The van der Waals surface area contributed by atoms with E-state index >= 15 is 0 Å². The van der Waals surface area contributed by atoms with E-state index in [1.165, 1.54) is 48.8 Å². The molecule has 2 heteroatoms. The minimum Gasteiger partial charge on any atom is -0.489 e. The van der Waals surface area contributed by atoms with Crippen molar-refractivity contribution in [1.82, 2.24) is 0 Å². The van der Waals surface area contributed by atoms with E-state index in [-0.39, 0.29) is 5.41 Å². The maximum atomic E-state index is 6.57. The Morgan fingerprint density at radius 1 is 1.05 bits per heavy atom. The fraction of sp³-hybridized carbons (Fsp3) is 0.667. The molecule has 1 aromatic rings. The van der Waals surface area contributed by atoms with Gasteiger partial charge in [0.15, 0.2) is 0 Å². The molecule has 0 aliphatic heterocycles.